The zero-order valence-corrected chi connectivity index (χ0v) is 35.4. The highest BCUT2D eigenvalue weighted by molar-refractivity contribution is 6.23. The third-order valence-corrected chi connectivity index (χ3v) is 13.8. The minimum Gasteiger partial charge on any atom is -0.310 e. The van der Waals surface area contributed by atoms with Gasteiger partial charge in [0, 0.05) is 34.0 Å². The number of hydrogen-bond acceptors (Lipinski definition) is 3. The van der Waals surface area contributed by atoms with E-state index in [9.17, 15) is 0 Å². The highest BCUT2D eigenvalue weighted by Crippen LogP contribution is 2.55. The minimum absolute atomic E-state index is 0.151. The average Bonchev–Trinajstić information content (AvgIpc) is 3.31. The molecule has 10 aromatic rings. The minimum atomic E-state index is -0.151. The Morgan fingerprint density at radius 2 is 0.790 bits per heavy atom. The second kappa shape index (κ2) is 13.5. The van der Waals surface area contributed by atoms with E-state index in [2.05, 4.69) is 226 Å². The molecule has 0 N–H and O–H groups in total. The van der Waals surface area contributed by atoms with Crippen LogP contribution in [0.4, 0.5) is 34.1 Å². The number of rotatable bonds is 4. The summed E-state index contributed by atoms with van der Waals surface area (Å²) in [5.41, 5.74) is 16.5. The van der Waals surface area contributed by atoms with E-state index in [-0.39, 0.29) is 10.8 Å². The second-order valence-electron chi connectivity index (χ2n) is 18.0. The molecule has 0 spiro atoms. The maximum absolute atomic E-state index is 5.09. The monoisotopic (exact) mass is 795 g/mol. The number of hydrogen-bond donors (Lipinski definition) is 0. The Morgan fingerprint density at radius 1 is 0.355 bits per heavy atom. The molecule has 0 bridgehead atoms. The van der Waals surface area contributed by atoms with Gasteiger partial charge in [-0.15, -0.1) is 0 Å². The molecule has 2 aliphatic rings. The molecule has 0 radical (unpaired) electrons. The number of pyridine rings is 1. The van der Waals surface area contributed by atoms with Gasteiger partial charge >= 0.3 is 0 Å². The molecule has 2 aliphatic heterocycles. The van der Waals surface area contributed by atoms with Crippen LogP contribution in [0.15, 0.2) is 200 Å². The van der Waals surface area contributed by atoms with Gasteiger partial charge in [0.05, 0.1) is 28.4 Å². The van der Waals surface area contributed by atoms with Crippen molar-refractivity contribution in [3.63, 3.8) is 0 Å². The first kappa shape index (κ1) is 36.4. The van der Waals surface area contributed by atoms with Crippen LogP contribution in [0, 0.1) is 0 Å². The van der Waals surface area contributed by atoms with Crippen LogP contribution in [0.2, 0.25) is 0 Å². The van der Waals surface area contributed by atoms with Crippen molar-refractivity contribution in [2.45, 2.75) is 38.5 Å². The van der Waals surface area contributed by atoms with Gasteiger partial charge in [-0.05, 0) is 132 Å². The first-order chi connectivity index (χ1) is 30.3. The van der Waals surface area contributed by atoms with Gasteiger partial charge in [-0.3, -0.25) is 4.98 Å². The normalized spacial score (nSPS) is 14.6. The van der Waals surface area contributed by atoms with Crippen molar-refractivity contribution in [2.75, 3.05) is 9.80 Å². The molecule has 0 amide bonds. The predicted molar refractivity (Wildman–Crippen MR) is 261 cm³/mol. The summed E-state index contributed by atoms with van der Waals surface area (Å²) in [6.07, 6.45) is 1.92. The highest BCUT2D eigenvalue weighted by atomic mass is 15.2. The first-order valence-electron chi connectivity index (χ1n) is 21.7. The van der Waals surface area contributed by atoms with Crippen LogP contribution >= 0.6 is 0 Å². The van der Waals surface area contributed by atoms with Crippen molar-refractivity contribution in [2.24, 2.45) is 0 Å². The van der Waals surface area contributed by atoms with Crippen LogP contribution < -0.4 is 9.80 Å². The van der Waals surface area contributed by atoms with Crippen molar-refractivity contribution in [1.82, 2.24) is 4.98 Å². The lowest BCUT2D eigenvalue weighted by Crippen LogP contribution is -2.30. The summed E-state index contributed by atoms with van der Waals surface area (Å²) in [5, 5.41) is 7.16. The van der Waals surface area contributed by atoms with Gasteiger partial charge in [-0.1, -0.05) is 155 Å². The molecule has 1 aromatic heterocycles. The lowest BCUT2D eigenvalue weighted by Gasteiger charge is -2.42. The Hall–Kier alpha value is -7.49. The molecule has 3 heterocycles. The Morgan fingerprint density at radius 3 is 1.29 bits per heavy atom. The zero-order chi connectivity index (χ0) is 41.7. The predicted octanol–water partition coefficient (Wildman–Crippen LogP) is 16.1. The largest absolute Gasteiger partial charge is 0.310 e. The van der Waals surface area contributed by atoms with Crippen LogP contribution in [0.1, 0.15) is 49.9 Å². The molecule has 296 valence electrons. The van der Waals surface area contributed by atoms with Gasteiger partial charge in [-0.25, -0.2) is 0 Å². The van der Waals surface area contributed by atoms with Gasteiger partial charge in [0.2, 0.25) is 0 Å². The van der Waals surface area contributed by atoms with E-state index in [0.717, 1.165) is 22.6 Å². The van der Waals surface area contributed by atoms with Crippen molar-refractivity contribution in [1.29, 1.82) is 0 Å². The molecule has 9 aromatic carbocycles. The maximum Gasteiger partial charge on any atom is 0.0714 e. The molecular weight excluding hydrogens is 751 g/mol. The Bertz CT molecular complexity index is 3330. The summed E-state index contributed by atoms with van der Waals surface area (Å²) in [6.45, 7) is 9.39. The Labute approximate surface area is 363 Å². The van der Waals surface area contributed by atoms with E-state index in [4.69, 9.17) is 4.98 Å². The van der Waals surface area contributed by atoms with E-state index in [0.29, 0.717) is 0 Å². The number of aromatic nitrogens is 1. The van der Waals surface area contributed by atoms with Crippen LogP contribution in [-0.2, 0) is 10.8 Å². The molecule has 0 aliphatic carbocycles. The van der Waals surface area contributed by atoms with Gasteiger partial charge in [0.1, 0.15) is 0 Å². The molecule has 0 fully saturated rings. The number of para-hydroxylation sites is 4. The molecule has 0 saturated heterocycles. The molecule has 0 atom stereocenters. The van der Waals surface area contributed by atoms with Gasteiger partial charge in [0.15, 0.2) is 0 Å². The molecule has 3 nitrogen and oxygen atoms in total. The maximum atomic E-state index is 5.09. The van der Waals surface area contributed by atoms with Crippen molar-refractivity contribution < 1.29 is 0 Å². The summed E-state index contributed by atoms with van der Waals surface area (Å²) >= 11 is 0. The van der Waals surface area contributed by atoms with E-state index in [1.807, 2.05) is 12.3 Å². The van der Waals surface area contributed by atoms with Crippen LogP contribution in [-0.4, -0.2) is 4.98 Å². The quantitative estimate of drug-likeness (QED) is 0.165. The highest BCUT2D eigenvalue weighted by Gasteiger charge is 2.38. The SMILES string of the molecule is CC1(C)c2ccccc2N(c2ccc3c(-c4ccccn4)c4cc(N5c6ccccc6C(C)(C)c6ccccc65)ccc4c(-c4ccc5ccccc5c4)c3c2)c2ccccc21. The van der Waals surface area contributed by atoms with E-state index >= 15 is 0 Å². The number of nitrogens with zero attached hydrogens (tertiary/aromatic N) is 3. The van der Waals surface area contributed by atoms with Crippen LogP contribution in [0.25, 0.3) is 54.7 Å². The summed E-state index contributed by atoms with van der Waals surface area (Å²) in [6, 6.07) is 71.8. The Balaban J connectivity index is 1.19. The van der Waals surface area contributed by atoms with Crippen molar-refractivity contribution in [3.8, 4) is 22.4 Å². The van der Waals surface area contributed by atoms with Crippen LogP contribution in [0.5, 0.6) is 0 Å². The fourth-order valence-electron chi connectivity index (χ4n) is 10.8. The summed E-state index contributed by atoms with van der Waals surface area (Å²) in [5.74, 6) is 0. The smallest absolute Gasteiger partial charge is 0.0714 e. The zero-order valence-electron chi connectivity index (χ0n) is 35.4. The van der Waals surface area contributed by atoms with E-state index < -0.39 is 0 Å². The molecule has 3 heteroatoms. The molecule has 0 saturated carbocycles. The third kappa shape index (κ3) is 5.28. The standard InChI is InChI=1S/C59H45N3/c1-58(2)47-19-7-11-24-52(47)61(53-25-12-8-20-48(53)58)41-31-33-44-45(36-41)56(40-29-28-38-17-5-6-18-39(38)35-40)43-32-30-42(37-46(43)57(44)51-23-15-16-34-60-51)62-54-26-13-9-21-49(54)59(3,4)50-22-10-14-27-55(50)62/h5-37H,1-4H3. The van der Waals surface area contributed by atoms with E-state index in [1.165, 1.54) is 88.4 Å². The topological polar surface area (TPSA) is 19.4 Å². The lowest BCUT2D eigenvalue weighted by molar-refractivity contribution is 0.632. The summed E-state index contributed by atoms with van der Waals surface area (Å²) < 4.78 is 0. The summed E-state index contributed by atoms with van der Waals surface area (Å²) in [4.78, 5) is 10.0. The third-order valence-electron chi connectivity index (χ3n) is 13.8. The molecule has 62 heavy (non-hydrogen) atoms. The Kier molecular flexibility index (Phi) is 7.92. The molecule has 12 rings (SSSR count). The molecule has 0 unspecified atom stereocenters. The second-order valence-corrected chi connectivity index (χ2v) is 18.0. The van der Waals surface area contributed by atoms with Crippen molar-refractivity contribution in [3.05, 3.63) is 223 Å². The number of anilines is 6. The van der Waals surface area contributed by atoms with Gasteiger partial charge in [-0.2, -0.15) is 0 Å². The lowest BCUT2D eigenvalue weighted by atomic mass is 9.73. The van der Waals surface area contributed by atoms with Crippen molar-refractivity contribution >= 4 is 66.4 Å². The van der Waals surface area contributed by atoms with E-state index in [1.54, 1.807) is 0 Å². The fraction of sp³-hybridized carbons (Fsp3) is 0.102. The number of fused-ring (bicyclic) bond motifs is 7. The summed E-state index contributed by atoms with van der Waals surface area (Å²) in [7, 11) is 0. The fourth-order valence-corrected chi connectivity index (χ4v) is 10.8. The van der Waals surface area contributed by atoms with Gasteiger partial charge < -0.3 is 9.80 Å². The first-order valence-corrected chi connectivity index (χ1v) is 21.7. The number of benzene rings is 9. The van der Waals surface area contributed by atoms with Gasteiger partial charge in [0.25, 0.3) is 0 Å². The average molecular weight is 796 g/mol. The van der Waals surface area contributed by atoms with Crippen LogP contribution in [0.3, 0.4) is 0 Å². The molecular formula is C59H45N3.